The van der Waals surface area contributed by atoms with Gasteiger partial charge in [0.2, 0.25) is 0 Å². The molecule has 6 heteroatoms. The van der Waals surface area contributed by atoms with Crippen LogP contribution in [0.15, 0.2) is 18.2 Å². The summed E-state index contributed by atoms with van der Waals surface area (Å²) in [5.74, 6) is 0.530. The highest BCUT2D eigenvalue weighted by Gasteiger charge is 2.26. The summed E-state index contributed by atoms with van der Waals surface area (Å²) in [6, 6.07) is 4.26. The largest absolute Gasteiger partial charge is 0.484 e. The Bertz CT molecular complexity index is 421. The number of anilines is 1. The number of hydrogen-bond acceptors (Lipinski definition) is 5. The number of nitrogens with one attached hydrogen (secondary N) is 1. The van der Waals surface area contributed by atoms with E-state index in [-0.39, 0.29) is 24.4 Å². The quantitative estimate of drug-likeness (QED) is 0.581. The van der Waals surface area contributed by atoms with Crippen LogP contribution in [-0.4, -0.2) is 28.8 Å². The van der Waals surface area contributed by atoms with Gasteiger partial charge in [-0.05, 0) is 13.0 Å². The molecule has 0 radical (unpaired) electrons. The summed E-state index contributed by atoms with van der Waals surface area (Å²) in [5, 5.41) is 22.7. The number of benzene rings is 1. The first kappa shape index (κ1) is 10.7. The average molecular weight is 224 g/mol. The van der Waals surface area contributed by atoms with E-state index in [1.807, 2.05) is 6.92 Å². The van der Waals surface area contributed by atoms with Crippen molar-refractivity contribution in [2.75, 3.05) is 11.9 Å². The van der Waals surface area contributed by atoms with Gasteiger partial charge >= 0.3 is 0 Å². The van der Waals surface area contributed by atoms with Crippen molar-refractivity contribution in [2.24, 2.45) is 0 Å². The highest BCUT2D eigenvalue weighted by Crippen LogP contribution is 2.34. The molecule has 0 amide bonds. The van der Waals surface area contributed by atoms with E-state index in [0.717, 1.165) is 0 Å². The summed E-state index contributed by atoms with van der Waals surface area (Å²) >= 11 is 0. The van der Waals surface area contributed by atoms with Crippen molar-refractivity contribution < 1.29 is 14.8 Å². The third-order valence-corrected chi connectivity index (χ3v) is 2.57. The smallest absolute Gasteiger partial charge is 0.271 e. The molecule has 0 aromatic heterocycles. The van der Waals surface area contributed by atoms with E-state index in [1.165, 1.54) is 18.2 Å². The van der Waals surface area contributed by atoms with Gasteiger partial charge in [-0.15, -0.1) is 0 Å². The molecule has 2 N–H and O–H groups in total. The molecule has 1 aromatic carbocycles. The molecule has 0 saturated heterocycles. The number of aliphatic hydroxyl groups is 1. The molecule has 86 valence electrons. The third kappa shape index (κ3) is 1.79. The second-order valence-electron chi connectivity index (χ2n) is 3.71. The van der Waals surface area contributed by atoms with Crippen molar-refractivity contribution in [2.45, 2.75) is 19.1 Å². The average Bonchev–Trinajstić information content (AvgIpc) is 2.27. The lowest BCUT2D eigenvalue weighted by atomic mass is 10.1. The minimum atomic E-state index is -0.454. The van der Waals surface area contributed by atoms with Gasteiger partial charge in [-0.3, -0.25) is 10.1 Å². The van der Waals surface area contributed by atoms with E-state index in [4.69, 9.17) is 9.84 Å². The predicted molar refractivity (Wildman–Crippen MR) is 57.7 cm³/mol. The fourth-order valence-corrected chi connectivity index (χ4v) is 1.65. The molecule has 1 heterocycles. The maximum absolute atomic E-state index is 10.6. The van der Waals surface area contributed by atoms with Gasteiger partial charge in [0.05, 0.1) is 23.3 Å². The van der Waals surface area contributed by atoms with Crippen LogP contribution in [0.25, 0.3) is 0 Å². The van der Waals surface area contributed by atoms with Crippen LogP contribution >= 0.6 is 0 Å². The normalized spacial score (nSPS) is 22.9. The lowest BCUT2D eigenvalue weighted by Crippen LogP contribution is -2.41. The number of rotatable bonds is 2. The molecule has 2 atom stereocenters. The summed E-state index contributed by atoms with van der Waals surface area (Å²) in [4.78, 5) is 10.1. The van der Waals surface area contributed by atoms with Gasteiger partial charge < -0.3 is 15.2 Å². The van der Waals surface area contributed by atoms with E-state index in [9.17, 15) is 10.1 Å². The van der Waals surface area contributed by atoms with E-state index < -0.39 is 4.92 Å². The second kappa shape index (κ2) is 3.97. The highest BCUT2D eigenvalue weighted by atomic mass is 16.6. The number of nitro groups is 1. The lowest BCUT2D eigenvalue weighted by Gasteiger charge is -2.31. The zero-order valence-corrected chi connectivity index (χ0v) is 8.71. The van der Waals surface area contributed by atoms with Crippen LogP contribution in [0.1, 0.15) is 6.92 Å². The molecule has 1 aliphatic heterocycles. The summed E-state index contributed by atoms with van der Waals surface area (Å²) in [6.45, 7) is 1.76. The number of fused-ring (bicyclic) bond motifs is 1. The van der Waals surface area contributed by atoms with Gasteiger partial charge in [0.15, 0.2) is 0 Å². The SMILES string of the molecule is CC1Nc2cc([N+](=O)[O-])ccc2OC1CO. The van der Waals surface area contributed by atoms with E-state index in [1.54, 1.807) is 0 Å². The van der Waals surface area contributed by atoms with Crippen molar-refractivity contribution in [1.82, 2.24) is 0 Å². The first-order valence-electron chi connectivity index (χ1n) is 4.94. The van der Waals surface area contributed by atoms with Crippen LogP contribution in [0.5, 0.6) is 5.75 Å². The molecular weight excluding hydrogens is 212 g/mol. The Labute approximate surface area is 92.0 Å². The molecule has 0 saturated carbocycles. The fraction of sp³-hybridized carbons (Fsp3) is 0.400. The Morgan fingerprint density at radius 3 is 3.00 bits per heavy atom. The Balaban J connectivity index is 2.32. The zero-order chi connectivity index (χ0) is 11.7. The van der Waals surface area contributed by atoms with Gasteiger partial charge in [-0.25, -0.2) is 0 Å². The number of ether oxygens (including phenoxy) is 1. The Kier molecular flexibility index (Phi) is 2.66. The number of hydrogen-bond donors (Lipinski definition) is 2. The van der Waals surface area contributed by atoms with Gasteiger partial charge in [-0.2, -0.15) is 0 Å². The van der Waals surface area contributed by atoms with Crippen molar-refractivity contribution in [3.8, 4) is 5.75 Å². The second-order valence-corrected chi connectivity index (χ2v) is 3.71. The Hall–Kier alpha value is -1.82. The summed E-state index contributed by atoms with van der Waals surface area (Å²) in [6.07, 6.45) is -0.325. The molecular formula is C10H12N2O4. The zero-order valence-electron chi connectivity index (χ0n) is 8.71. The lowest BCUT2D eigenvalue weighted by molar-refractivity contribution is -0.384. The molecule has 1 aliphatic rings. The number of aliphatic hydroxyl groups excluding tert-OH is 1. The maximum atomic E-state index is 10.6. The van der Waals surface area contributed by atoms with Crippen LogP contribution in [0.4, 0.5) is 11.4 Å². The highest BCUT2D eigenvalue weighted by molar-refractivity contribution is 5.63. The number of nitro benzene ring substituents is 1. The molecule has 1 aromatic rings. The minimum absolute atomic E-state index is 0.0181. The van der Waals surface area contributed by atoms with E-state index >= 15 is 0 Å². The number of non-ortho nitro benzene ring substituents is 1. The molecule has 0 bridgehead atoms. The summed E-state index contributed by atoms with van der Waals surface area (Å²) in [5.41, 5.74) is 0.607. The monoisotopic (exact) mass is 224 g/mol. The van der Waals surface area contributed by atoms with Gasteiger partial charge in [0.1, 0.15) is 11.9 Å². The standard InChI is InChI=1S/C10H12N2O4/c1-6-10(5-13)16-9-3-2-7(12(14)15)4-8(9)11-6/h2-4,6,10-11,13H,5H2,1H3. The van der Waals surface area contributed by atoms with Crippen molar-refractivity contribution in [3.63, 3.8) is 0 Å². The van der Waals surface area contributed by atoms with E-state index in [2.05, 4.69) is 5.32 Å². The van der Waals surface area contributed by atoms with Gasteiger partial charge in [0.25, 0.3) is 5.69 Å². The topological polar surface area (TPSA) is 84.6 Å². The van der Waals surface area contributed by atoms with Crippen LogP contribution in [-0.2, 0) is 0 Å². The third-order valence-electron chi connectivity index (χ3n) is 2.57. The van der Waals surface area contributed by atoms with Gasteiger partial charge in [0, 0.05) is 12.1 Å². The Morgan fingerprint density at radius 2 is 2.38 bits per heavy atom. The fourth-order valence-electron chi connectivity index (χ4n) is 1.65. The summed E-state index contributed by atoms with van der Waals surface area (Å²) < 4.78 is 5.49. The van der Waals surface area contributed by atoms with Gasteiger partial charge in [-0.1, -0.05) is 0 Å². The molecule has 0 spiro atoms. The molecule has 6 nitrogen and oxygen atoms in total. The van der Waals surface area contributed by atoms with Crippen molar-refractivity contribution >= 4 is 11.4 Å². The first-order chi connectivity index (χ1) is 7.61. The van der Waals surface area contributed by atoms with Crippen LogP contribution in [0.2, 0.25) is 0 Å². The van der Waals surface area contributed by atoms with Crippen LogP contribution in [0, 0.1) is 10.1 Å². The molecule has 2 rings (SSSR count). The molecule has 16 heavy (non-hydrogen) atoms. The Morgan fingerprint density at radius 1 is 1.62 bits per heavy atom. The van der Waals surface area contributed by atoms with Crippen molar-refractivity contribution in [3.05, 3.63) is 28.3 Å². The predicted octanol–water partition coefficient (Wildman–Crippen LogP) is 1.15. The molecule has 0 fully saturated rings. The minimum Gasteiger partial charge on any atom is -0.484 e. The van der Waals surface area contributed by atoms with E-state index in [0.29, 0.717) is 11.4 Å². The summed E-state index contributed by atoms with van der Waals surface area (Å²) in [7, 11) is 0. The van der Waals surface area contributed by atoms with Crippen molar-refractivity contribution in [1.29, 1.82) is 0 Å². The first-order valence-corrected chi connectivity index (χ1v) is 4.94. The molecule has 0 aliphatic carbocycles. The van der Waals surface area contributed by atoms with Crippen LogP contribution in [0.3, 0.4) is 0 Å². The van der Waals surface area contributed by atoms with Crippen LogP contribution < -0.4 is 10.1 Å². The maximum Gasteiger partial charge on any atom is 0.271 e. The molecule has 2 unspecified atom stereocenters. The number of nitrogens with zero attached hydrogens (tertiary/aromatic N) is 1.